The minimum atomic E-state index is -3.66. The highest BCUT2D eigenvalue weighted by molar-refractivity contribution is 7.89. The van der Waals surface area contributed by atoms with Crippen LogP contribution in [0.3, 0.4) is 0 Å². The molecule has 2 N–H and O–H groups in total. The van der Waals surface area contributed by atoms with Gasteiger partial charge in [-0.05, 0) is 12.1 Å². The highest BCUT2D eigenvalue weighted by atomic mass is 32.2. The molecule has 0 amide bonds. The van der Waals surface area contributed by atoms with E-state index in [9.17, 15) is 13.2 Å². The summed E-state index contributed by atoms with van der Waals surface area (Å²) in [6.45, 7) is 1.31. The van der Waals surface area contributed by atoms with Gasteiger partial charge in [0.25, 0.3) is 0 Å². The fraction of sp³-hybridized carbons (Fsp3) is 0.300. The van der Waals surface area contributed by atoms with Crippen LogP contribution < -0.4 is 9.46 Å². The number of carbonyl (C=O) groups is 1. The summed E-state index contributed by atoms with van der Waals surface area (Å²) < 4.78 is 30.7. The average molecular weight is 259 g/mol. The number of hydrogen-bond donors (Lipinski definition) is 2. The molecule has 1 aromatic carbocycles. The molecule has 0 saturated heterocycles. The number of benzene rings is 1. The molecule has 0 aliphatic rings. The van der Waals surface area contributed by atoms with E-state index in [4.69, 9.17) is 9.84 Å². The molecule has 1 aromatic rings. The zero-order valence-corrected chi connectivity index (χ0v) is 10.0. The van der Waals surface area contributed by atoms with E-state index >= 15 is 0 Å². The third-order valence-electron chi connectivity index (χ3n) is 1.82. The van der Waals surface area contributed by atoms with E-state index in [1.54, 1.807) is 13.0 Å². The molecule has 1 rings (SSSR count). The second-order valence-corrected chi connectivity index (χ2v) is 4.87. The molecule has 0 unspecified atom stereocenters. The van der Waals surface area contributed by atoms with Crippen molar-refractivity contribution in [2.45, 2.75) is 11.8 Å². The molecular formula is C10H13NO5S. The lowest BCUT2D eigenvalue weighted by Gasteiger charge is -2.10. The van der Waals surface area contributed by atoms with Crippen molar-refractivity contribution in [3.05, 3.63) is 24.3 Å². The lowest BCUT2D eigenvalue weighted by Crippen LogP contribution is -2.24. The summed E-state index contributed by atoms with van der Waals surface area (Å²) in [6.07, 6.45) is 0. The highest BCUT2D eigenvalue weighted by Gasteiger charge is 2.18. The lowest BCUT2D eigenvalue weighted by molar-refractivity contribution is -0.139. The Bertz CT molecular complexity index is 497. The van der Waals surface area contributed by atoms with E-state index < -0.39 is 22.6 Å². The maximum atomic E-state index is 11.8. The number of aliphatic carboxylic acids is 1. The van der Waals surface area contributed by atoms with Gasteiger partial charge in [0, 0.05) is 6.54 Å². The van der Waals surface area contributed by atoms with Crippen molar-refractivity contribution in [3.8, 4) is 5.75 Å². The summed E-state index contributed by atoms with van der Waals surface area (Å²) in [5.74, 6) is -1.14. The number of sulfonamides is 1. The Morgan fingerprint density at radius 3 is 2.65 bits per heavy atom. The molecule has 0 fully saturated rings. The topological polar surface area (TPSA) is 92.7 Å². The lowest BCUT2D eigenvalue weighted by atomic mass is 10.3. The fourth-order valence-corrected chi connectivity index (χ4v) is 2.38. The van der Waals surface area contributed by atoms with E-state index in [2.05, 4.69) is 4.72 Å². The molecule has 0 radical (unpaired) electrons. The van der Waals surface area contributed by atoms with Gasteiger partial charge in [0.15, 0.2) is 6.61 Å². The molecule has 17 heavy (non-hydrogen) atoms. The van der Waals surface area contributed by atoms with Crippen LogP contribution in [0.2, 0.25) is 0 Å². The van der Waals surface area contributed by atoms with Crippen molar-refractivity contribution in [1.29, 1.82) is 0 Å². The molecule has 0 atom stereocenters. The van der Waals surface area contributed by atoms with Crippen LogP contribution in [0, 0.1) is 0 Å². The minimum Gasteiger partial charge on any atom is -0.480 e. The van der Waals surface area contributed by atoms with Gasteiger partial charge in [-0.3, -0.25) is 0 Å². The first-order chi connectivity index (χ1) is 7.97. The van der Waals surface area contributed by atoms with Crippen molar-refractivity contribution in [1.82, 2.24) is 4.72 Å². The first-order valence-corrected chi connectivity index (χ1v) is 6.39. The summed E-state index contributed by atoms with van der Waals surface area (Å²) in [5, 5.41) is 8.48. The van der Waals surface area contributed by atoms with E-state index in [0.29, 0.717) is 0 Å². The van der Waals surface area contributed by atoms with Gasteiger partial charge in [-0.1, -0.05) is 19.1 Å². The molecule has 0 spiro atoms. The van der Waals surface area contributed by atoms with Crippen LogP contribution in [0.4, 0.5) is 0 Å². The normalized spacial score (nSPS) is 11.1. The van der Waals surface area contributed by atoms with Gasteiger partial charge in [-0.15, -0.1) is 0 Å². The molecule has 0 aromatic heterocycles. The second-order valence-electron chi connectivity index (χ2n) is 3.13. The summed E-state index contributed by atoms with van der Waals surface area (Å²) in [5.41, 5.74) is 0. The first-order valence-electron chi connectivity index (χ1n) is 4.90. The van der Waals surface area contributed by atoms with Gasteiger partial charge >= 0.3 is 5.97 Å². The van der Waals surface area contributed by atoms with Gasteiger partial charge in [0.2, 0.25) is 10.0 Å². The molecule has 6 nitrogen and oxygen atoms in total. The van der Waals surface area contributed by atoms with E-state index in [0.717, 1.165) is 0 Å². The van der Waals surface area contributed by atoms with E-state index in [-0.39, 0.29) is 17.2 Å². The summed E-state index contributed by atoms with van der Waals surface area (Å²) >= 11 is 0. The van der Waals surface area contributed by atoms with Gasteiger partial charge in [0.1, 0.15) is 10.6 Å². The molecule has 94 valence electrons. The van der Waals surface area contributed by atoms with Crippen LogP contribution in [0.5, 0.6) is 5.75 Å². The number of hydrogen-bond acceptors (Lipinski definition) is 4. The summed E-state index contributed by atoms with van der Waals surface area (Å²) in [7, 11) is -3.66. The number of para-hydroxylation sites is 1. The van der Waals surface area contributed by atoms with E-state index in [1.165, 1.54) is 18.2 Å². The van der Waals surface area contributed by atoms with Crippen molar-refractivity contribution in [3.63, 3.8) is 0 Å². The van der Waals surface area contributed by atoms with Crippen molar-refractivity contribution >= 4 is 16.0 Å². The predicted octanol–water partition coefficient (Wildman–Crippen LogP) is 0.448. The monoisotopic (exact) mass is 259 g/mol. The highest BCUT2D eigenvalue weighted by Crippen LogP contribution is 2.22. The van der Waals surface area contributed by atoms with Crippen molar-refractivity contribution in [2.75, 3.05) is 13.2 Å². The van der Waals surface area contributed by atoms with Crippen LogP contribution in [0.25, 0.3) is 0 Å². The minimum absolute atomic E-state index is 0.0239. The second kappa shape index (κ2) is 5.65. The number of carboxylic acid groups (broad SMARTS) is 1. The quantitative estimate of drug-likeness (QED) is 0.773. The van der Waals surface area contributed by atoms with Gasteiger partial charge < -0.3 is 9.84 Å². The first kappa shape index (κ1) is 13.5. The smallest absolute Gasteiger partial charge is 0.341 e. The molecule has 7 heteroatoms. The number of carboxylic acids is 1. The van der Waals surface area contributed by atoms with Crippen LogP contribution in [0.15, 0.2) is 29.2 Å². The zero-order valence-electron chi connectivity index (χ0n) is 9.21. The number of rotatable bonds is 6. The molecule has 0 bridgehead atoms. The maximum Gasteiger partial charge on any atom is 0.341 e. The van der Waals surface area contributed by atoms with Crippen LogP contribution >= 0.6 is 0 Å². The van der Waals surface area contributed by atoms with E-state index in [1.807, 2.05) is 0 Å². The third kappa shape index (κ3) is 3.72. The Labute approximate surface area is 99.3 Å². The van der Waals surface area contributed by atoms with Gasteiger partial charge in [0.05, 0.1) is 0 Å². The molecule has 0 aliphatic carbocycles. The fourth-order valence-electron chi connectivity index (χ4n) is 1.20. The molecular weight excluding hydrogens is 246 g/mol. The number of nitrogens with one attached hydrogen (secondary N) is 1. The van der Waals surface area contributed by atoms with Gasteiger partial charge in [-0.2, -0.15) is 0 Å². The largest absolute Gasteiger partial charge is 0.480 e. The molecule has 0 saturated carbocycles. The van der Waals surface area contributed by atoms with Crippen LogP contribution in [-0.2, 0) is 14.8 Å². The van der Waals surface area contributed by atoms with Gasteiger partial charge in [-0.25, -0.2) is 17.9 Å². The summed E-state index contributed by atoms with van der Waals surface area (Å²) in [4.78, 5) is 10.3. The SMILES string of the molecule is CCNS(=O)(=O)c1ccccc1OCC(=O)O. The standard InChI is InChI=1S/C10H13NO5S/c1-2-11-17(14,15)9-6-4-3-5-8(9)16-7-10(12)13/h3-6,11H,2,7H2,1H3,(H,12,13). The predicted molar refractivity (Wildman–Crippen MR) is 60.4 cm³/mol. The Morgan fingerprint density at radius 2 is 2.06 bits per heavy atom. The third-order valence-corrected chi connectivity index (χ3v) is 3.41. The average Bonchev–Trinajstić information content (AvgIpc) is 2.26. The van der Waals surface area contributed by atoms with Crippen molar-refractivity contribution in [2.24, 2.45) is 0 Å². The van der Waals surface area contributed by atoms with Crippen LogP contribution in [0.1, 0.15) is 6.92 Å². The Balaban J connectivity index is 3.03. The zero-order chi connectivity index (χ0) is 12.9. The maximum absolute atomic E-state index is 11.8. The molecule has 0 heterocycles. The molecule has 0 aliphatic heterocycles. The number of ether oxygens (including phenoxy) is 1. The van der Waals surface area contributed by atoms with Crippen molar-refractivity contribution < 1.29 is 23.1 Å². The summed E-state index contributed by atoms with van der Waals surface area (Å²) in [6, 6.07) is 5.88. The Hall–Kier alpha value is -1.60. The Morgan fingerprint density at radius 1 is 1.41 bits per heavy atom. The van der Waals surface area contributed by atoms with Crippen LogP contribution in [-0.4, -0.2) is 32.6 Å². The Kier molecular flexibility index (Phi) is 4.47.